The van der Waals surface area contributed by atoms with Crippen molar-refractivity contribution in [2.45, 2.75) is 0 Å². The molecule has 0 aliphatic heterocycles. The van der Waals surface area contributed by atoms with Crippen molar-refractivity contribution in [3.63, 3.8) is 0 Å². The fraction of sp³-hybridized carbons (Fsp3) is 0. The van der Waals surface area contributed by atoms with E-state index in [0.717, 1.165) is 13.0 Å². The second-order valence-corrected chi connectivity index (χ2v) is 5.63. The zero-order valence-corrected chi connectivity index (χ0v) is 9.89. The Hall–Kier alpha value is -1.11. The molecule has 0 aliphatic rings. The zero-order chi connectivity index (χ0) is 10.1. The molecule has 0 saturated heterocycles. The number of halogens is 1. The molecule has 2 aromatic rings. The summed E-state index contributed by atoms with van der Waals surface area (Å²) in [6.45, 7) is 0. The normalized spacial score (nSPS) is 9.64. The van der Waals surface area contributed by atoms with Gasteiger partial charge in [-0.3, -0.25) is 0 Å². The first-order valence-electron chi connectivity index (χ1n) is 3.78. The zero-order valence-electron chi connectivity index (χ0n) is 6.91. The lowest BCUT2D eigenvalue weighted by Gasteiger charge is -1.94. The number of hydrogen-bond donors (Lipinski definition) is 0. The van der Waals surface area contributed by atoms with Gasteiger partial charge in [0.05, 0.1) is 18.7 Å². The average molecular weight is 310 g/mol. The van der Waals surface area contributed by atoms with Crippen molar-refractivity contribution in [1.29, 1.82) is 10.5 Å². The van der Waals surface area contributed by atoms with Crippen molar-refractivity contribution in [1.82, 2.24) is 0 Å². The third-order valence-corrected chi connectivity index (χ3v) is 3.82. The minimum atomic E-state index is 0.457. The Morgan fingerprint density at radius 1 is 1.21 bits per heavy atom. The molecule has 0 unspecified atom stereocenters. The summed E-state index contributed by atoms with van der Waals surface area (Å²) in [5.41, 5.74) is 0.955. The molecule has 1 aromatic heterocycles. The molecule has 14 heavy (non-hydrogen) atoms. The van der Waals surface area contributed by atoms with Gasteiger partial charge in [0.25, 0.3) is 0 Å². The average Bonchev–Trinajstić information content (AvgIpc) is 2.56. The molecule has 1 heterocycles. The Bertz CT molecular complexity index is 586. The number of benzene rings is 1. The third kappa shape index (κ3) is 1.37. The summed E-state index contributed by atoms with van der Waals surface area (Å²) >= 11 is 3.76. The highest BCUT2D eigenvalue weighted by molar-refractivity contribution is 14.1. The van der Waals surface area contributed by atoms with Gasteiger partial charge in [0.15, 0.2) is 0 Å². The molecule has 0 fully saturated rings. The van der Waals surface area contributed by atoms with Crippen LogP contribution in [-0.4, -0.2) is 0 Å². The quantitative estimate of drug-likeness (QED) is 0.701. The van der Waals surface area contributed by atoms with Gasteiger partial charge in [-0.2, -0.15) is 10.5 Å². The first-order valence-corrected chi connectivity index (χ1v) is 5.68. The summed E-state index contributed by atoms with van der Waals surface area (Å²) in [4.78, 5) is 0. The number of rotatable bonds is 0. The number of nitrogens with zero attached hydrogens (tertiary/aromatic N) is 2. The lowest BCUT2D eigenvalue weighted by atomic mass is 10.1. The standard InChI is InChI=1S/C10H3IN2S/c11-9-3-6-1-2-7(4-12)8(5-13)10(6)14-9/h1-3H. The van der Waals surface area contributed by atoms with E-state index in [1.165, 1.54) is 0 Å². The highest BCUT2D eigenvalue weighted by Gasteiger charge is 2.09. The summed E-state index contributed by atoms with van der Waals surface area (Å²) in [5, 5.41) is 18.8. The minimum Gasteiger partial charge on any atom is -0.192 e. The molecule has 4 heteroatoms. The van der Waals surface area contributed by atoms with E-state index in [1.54, 1.807) is 17.4 Å². The fourth-order valence-electron chi connectivity index (χ4n) is 1.28. The SMILES string of the molecule is N#Cc1ccc2cc(I)sc2c1C#N. The van der Waals surface area contributed by atoms with Gasteiger partial charge in [0, 0.05) is 0 Å². The van der Waals surface area contributed by atoms with Gasteiger partial charge in [0.1, 0.15) is 12.1 Å². The maximum absolute atomic E-state index is 8.96. The highest BCUT2D eigenvalue weighted by Crippen LogP contribution is 2.30. The molecule has 0 atom stereocenters. The van der Waals surface area contributed by atoms with Crippen molar-refractivity contribution < 1.29 is 0 Å². The van der Waals surface area contributed by atoms with E-state index in [9.17, 15) is 0 Å². The smallest absolute Gasteiger partial charge is 0.102 e. The fourth-order valence-corrected chi connectivity index (χ4v) is 3.16. The molecule has 0 saturated carbocycles. The Balaban J connectivity index is 2.93. The number of thiophene rings is 1. The van der Waals surface area contributed by atoms with E-state index >= 15 is 0 Å². The van der Waals surface area contributed by atoms with E-state index < -0.39 is 0 Å². The van der Waals surface area contributed by atoms with Crippen molar-refractivity contribution in [2.24, 2.45) is 0 Å². The molecule has 2 nitrogen and oxygen atoms in total. The van der Waals surface area contributed by atoms with Crippen LogP contribution < -0.4 is 0 Å². The van der Waals surface area contributed by atoms with Gasteiger partial charge >= 0.3 is 0 Å². The Kier molecular flexibility index (Phi) is 2.40. The predicted molar refractivity (Wildman–Crippen MR) is 64.0 cm³/mol. The van der Waals surface area contributed by atoms with Gasteiger partial charge in [0.2, 0.25) is 0 Å². The van der Waals surface area contributed by atoms with Crippen LogP contribution in [0.25, 0.3) is 10.1 Å². The van der Waals surface area contributed by atoms with Crippen molar-refractivity contribution in [3.8, 4) is 12.1 Å². The summed E-state index contributed by atoms with van der Waals surface area (Å²) in [6.07, 6.45) is 0. The van der Waals surface area contributed by atoms with Crippen LogP contribution in [0, 0.1) is 25.5 Å². The molecule has 1 aromatic carbocycles. The predicted octanol–water partition coefficient (Wildman–Crippen LogP) is 3.25. The van der Waals surface area contributed by atoms with Crippen LogP contribution in [0.1, 0.15) is 11.1 Å². The van der Waals surface area contributed by atoms with Crippen molar-refractivity contribution in [3.05, 3.63) is 32.2 Å². The maximum atomic E-state index is 8.96. The van der Waals surface area contributed by atoms with Crippen LogP contribution in [0.4, 0.5) is 0 Å². The van der Waals surface area contributed by atoms with Gasteiger partial charge in [-0.05, 0) is 40.1 Å². The van der Waals surface area contributed by atoms with E-state index in [0.29, 0.717) is 11.1 Å². The molecule has 0 aliphatic carbocycles. The molecular formula is C10H3IN2S. The highest BCUT2D eigenvalue weighted by atomic mass is 127. The Morgan fingerprint density at radius 2 is 2.00 bits per heavy atom. The first kappa shape index (κ1) is 9.45. The van der Waals surface area contributed by atoms with Gasteiger partial charge < -0.3 is 0 Å². The number of hydrogen-bond acceptors (Lipinski definition) is 3. The minimum absolute atomic E-state index is 0.457. The summed E-state index contributed by atoms with van der Waals surface area (Å²) in [6, 6.07) is 9.71. The van der Waals surface area contributed by atoms with Crippen LogP contribution in [0.15, 0.2) is 18.2 Å². The second-order valence-electron chi connectivity index (χ2n) is 2.68. The number of nitriles is 2. The molecular weight excluding hydrogens is 307 g/mol. The molecule has 0 N–H and O–H groups in total. The van der Waals surface area contributed by atoms with E-state index in [4.69, 9.17) is 10.5 Å². The summed E-state index contributed by atoms with van der Waals surface area (Å²) < 4.78 is 2.04. The summed E-state index contributed by atoms with van der Waals surface area (Å²) in [7, 11) is 0. The number of fused-ring (bicyclic) bond motifs is 1. The van der Waals surface area contributed by atoms with Crippen LogP contribution in [0.5, 0.6) is 0 Å². The van der Waals surface area contributed by atoms with Crippen molar-refractivity contribution >= 4 is 44.0 Å². The monoisotopic (exact) mass is 310 g/mol. The Morgan fingerprint density at radius 3 is 2.64 bits per heavy atom. The molecule has 0 radical (unpaired) electrons. The van der Waals surface area contributed by atoms with E-state index in [2.05, 4.69) is 28.7 Å². The van der Waals surface area contributed by atoms with Crippen LogP contribution in [0.2, 0.25) is 0 Å². The van der Waals surface area contributed by atoms with Gasteiger partial charge in [-0.15, -0.1) is 11.3 Å². The van der Waals surface area contributed by atoms with E-state index in [1.807, 2.05) is 18.2 Å². The second kappa shape index (κ2) is 3.56. The van der Waals surface area contributed by atoms with Crippen molar-refractivity contribution in [2.75, 3.05) is 0 Å². The lowest BCUT2D eigenvalue weighted by molar-refractivity contribution is 1.46. The van der Waals surface area contributed by atoms with Gasteiger partial charge in [-0.1, -0.05) is 6.07 Å². The van der Waals surface area contributed by atoms with Gasteiger partial charge in [-0.25, -0.2) is 0 Å². The Labute approximate surface area is 98.5 Å². The molecule has 0 amide bonds. The van der Waals surface area contributed by atoms with Crippen LogP contribution in [0.3, 0.4) is 0 Å². The summed E-state index contributed by atoms with van der Waals surface area (Å²) in [5.74, 6) is 0. The topological polar surface area (TPSA) is 47.6 Å². The van der Waals surface area contributed by atoms with E-state index in [-0.39, 0.29) is 0 Å². The third-order valence-electron chi connectivity index (χ3n) is 1.89. The first-order chi connectivity index (χ1) is 6.76. The molecule has 2 rings (SSSR count). The van der Waals surface area contributed by atoms with Crippen LogP contribution >= 0.6 is 33.9 Å². The lowest BCUT2D eigenvalue weighted by Crippen LogP contribution is -1.82. The largest absolute Gasteiger partial charge is 0.192 e. The molecule has 0 spiro atoms. The van der Waals surface area contributed by atoms with Crippen LogP contribution in [-0.2, 0) is 0 Å². The maximum Gasteiger partial charge on any atom is 0.102 e. The molecule has 0 bridgehead atoms. The molecule has 66 valence electrons.